The molecule has 0 radical (unpaired) electrons. The van der Waals surface area contributed by atoms with Crippen LogP contribution < -0.4 is 37.6 Å². The van der Waals surface area contributed by atoms with Crippen LogP contribution in [-0.4, -0.2) is 219 Å². The zero-order chi connectivity index (χ0) is 72.9. The van der Waals surface area contributed by atoms with E-state index in [4.69, 9.17) is 24.7 Å². The predicted octanol–water partition coefficient (Wildman–Crippen LogP) is 2.93. The van der Waals surface area contributed by atoms with Crippen LogP contribution in [0.5, 0.6) is 0 Å². The van der Waals surface area contributed by atoms with Crippen molar-refractivity contribution in [3.8, 4) is 0 Å². The van der Waals surface area contributed by atoms with Crippen molar-refractivity contribution in [2.24, 2.45) is 34.8 Å². The maximum Gasteiger partial charge on any atom is 0.410 e. The van der Waals surface area contributed by atoms with E-state index in [0.717, 1.165) is 34.1 Å². The van der Waals surface area contributed by atoms with Gasteiger partial charge in [-0.3, -0.25) is 57.5 Å². The Morgan fingerprint density at radius 1 is 0.786 bits per heavy atom. The minimum atomic E-state index is -5.12. The minimum Gasteiger partial charge on any atom is -0.444 e. The third-order valence-corrected chi connectivity index (χ3v) is 19.5. The van der Waals surface area contributed by atoms with Crippen molar-refractivity contribution < 1.29 is 89.8 Å². The number of likely N-dealkylation sites (N-methyl/N-ethyl adjacent to an activating group) is 2. The van der Waals surface area contributed by atoms with Crippen molar-refractivity contribution in [2.45, 2.75) is 179 Å². The van der Waals surface area contributed by atoms with E-state index in [1.54, 1.807) is 77.8 Å². The van der Waals surface area contributed by atoms with Crippen LogP contribution in [0, 0.1) is 29.1 Å². The molecular weight excluding hydrogens is 1290 g/mol. The summed E-state index contributed by atoms with van der Waals surface area (Å²) in [7, 11) is 0.687. The van der Waals surface area contributed by atoms with E-state index in [-0.39, 0.29) is 93.9 Å². The van der Waals surface area contributed by atoms with E-state index >= 15 is 0 Å². The van der Waals surface area contributed by atoms with Gasteiger partial charge in [-0.2, -0.15) is 8.42 Å². The van der Waals surface area contributed by atoms with E-state index in [0.29, 0.717) is 37.8 Å². The average molecular weight is 1400 g/mol. The van der Waals surface area contributed by atoms with Crippen LogP contribution in [0.1, 0.15) is 130 Å². The van der Waals surface area contributed by atoms with Gasteiger partial charge in [-0.1, -0.05) is 97.7 Å². The Labute approximate surface area is 573 Å². The number of carbonyl (C=O) groups is 11. The molecule has 98 heavy (non-hydrogen) atoms. The van der Waals surface area contributed by atoms with Crippen molar-refractivity contribution >= 4 is 81.1 Å². The van der Waals surface area contributed by atoms with Crippen molar-refractivity contribution in [1.82, 2.24) is 46.2 Å². The van der Waals surface area contributed by atoms with Gasteiger partial charge in [-0.25, -0.2) is 9.59 Å². The summed E-state index contributed by atoms with van der Waals surface area (Å²) >= 11 is 0. The molecule has 0 unspecified atom stereocenters. The molecule has 3 aliphatic rings. The van der Waals surface area contributed by atoms with Gasteiger partial charge in [0.05, 0.1) is 68.5 Å². The van der Waals surface area contributed by atoms with E-state index in [1.165, 1.54) is 32.2 Å². The van der Waals surface area contributed by atoms with E-state index in [2.05, 4.69) is 31.9 Å². The van der Waals surface area contributed by atoms with Gasteiger partial charge in [0, 0.05) is 71.4 Å². The molecule has 2 aliphatic heterocycles. The molecule has 5 rings (SSSR count). The summed E-state index contributed by atoms with van der Waals surface area (Å²) in [5.41, 5.74) is 3.85. The molecule has 11 atom stereocenters. The summed E-state index contributed by atoms with van der Waals surface area (Å²) in [5, 5.41) is 26.9. The standard InChI is InChI=1S/C67H101N11O19S/c1-13-41(6)56(49(94-11)37-53(81)77-32-18-23-48(77)58(95-12)42(7)59(83)71-43(8)57(82)44-20-15-14-16-21-44)75(9)62(86)54(39(2)3)74-61(85)55(40(4)5)76(10)66(90)97-38-45-24-25-46(36-50(45)98(91,92)93)72-60(84)47(22-17-30-70-65(68)89)73-64(88)67(28-19-29-67)63(87)69-31-34-96-35-33-78-51(79)26-27-52(78)80/h14-16,20-21,24-27,36,39-43,47-49,54-58,82H,13,17-19,22-23,28-35,37-38H2,1-12H3,(H,69,87)(H,71,83)(H,72,84)(H,73,88)(H,74,85)(H3,68,70,89)(H,91,92,93)/t41-,42+,43+,47-,48-,49+,54-,55-,56-,57+,58+/m0/s1. The molecule has 1 saturated carbocycles. The highest BCUT2D eigenvalue weighted by Crippen LogP contribution is 2.42. The number of hydrogen-bond acceptors (Lipinski definition) is 18. The second-order valence-corrected chi connectivity index (χ2v) is 27.4. The SMILES string of the molecule is CC[C@H](C)[C@@H]([C@@H](CC(=O)N1CCC[C@H]1[C@H](OC)[C@@H](C)C(=O)N[C@H](C)[C@@H](O)c1ccccc1)OC)N(C)C(=O)[C@@H](NC(=O)[C@H](C(C)C)N(C)C(=O)OCc1ccc(NC(=O)[C@H](CCCNC(N)=O)NC(=O)C2(C(=O)NCCOCCN3C(=O)C=CC3=O)CCC2)cc1S(=O)(=O)O)C(C)C. The first kappa shape index (κ1) is 80.6. The van der Waals surface area contributed by atoms with Gasteiger partial charge in [0.15, 0.2) is 0 Å². The Hall–Kier alpha value is -8.10. The van der Waals surface area contributed by atoms with Gasteiger partial charge in [0.2, 0.25) is 41.4 Å². The Bertz CT molecular complexity index is 3260. The number of aliphatic hydroxyl groups is 1. The normalized spacial score (nSPS) is 18.2. The van der Waals surface area contributed by atoms with Gasteiger partial charge < -0.3 is 71.5 Å². The maximum absolute atomic E-state index is 14.9. The molecule has 1 saturated heterocycles. The molecule has 2 aromatic carbocycles. The molecular formula is C67H101N11O19S. The molecule has 12 amide bonds. The third kappa shape index (κ3) is 21.2. The molecule has 0 bridgehead atoms. The fraction of sp³-hybridized carbons (Fsp3) is 0.627. The highest BCUT2D eigenvalue weighted by Gasteiger charge is 2.52. The molecule has 1 aliphatic carbocycles. The second-order valence-electron chi connectivity index (χ2n) is 26.0. The largest absolute Gasteiger partial charge is 0.444 e. The lowest BCUT2D eigenvalue weighted by molar-refractivity contribution is -0.151. The summed E-state index contributed by atoms with van der Waals surface area (Å²) in [6.45, 7) is 13.6. The first-order chi connectivity index (χ1) is 46.2. The number of primary amides is 1. The van der Waals surface area contributed by atoms with Crippen LogP contribution in [0.3, 0.4) is 0 Å². The topological polar surface area (TPSA) is 410 Å². The number of nitrogens with zero attached hydrogens (tertiary/aromatic N) is 4. The lowest BCUT2D eigenvalue weighted by Gasteiger charge is -2.41. The number of amides is 12. The van der Waals surface area contributed by atoms with Gasteiger partial charge in [0.1, 0.15) is 35.0 Å². The molecule has 30 nitrogen and oxygen atoms in total. The molecule has 2 heterocycles. The maximum atomic E-state index is 14.9. The van der Waals surface area contributed by atoms with Crippen LogP contribution in [-0.2, 0) is 78.8 Å². The number of imide groups is 1. The molecule has 0 aromatic heterocycles. The number of rotatable bonds is 38. The fourth-order valence-corrected chi connectivity index (χ4v) is 13.4. The quantitative estimate of drug-likeness (QED) is 0.0202. The molecule has 10 N–H and O–H groups in total. The minimum absolute atomic E-state index is 0.00311. The number of urea groups is 1. The first-order valence-electron chi connectivity index (χ1n) is 33.2. The number of likely N-dealkylation sites (tertiary alicyclic amines) is 1. The van der Waals surface area contributed by atoms with Crippen LogP contribution in [0.2, 0.25) is 0 Å². The van der Waals surface area contributed by atoms with Gasteiger partial charge >= 0.3 is 12.1 Å². The summed E-state index contributed by atoms with van der Waals surface area (Å²) in [5.74, 6) is -7.20. The van der Waals surface area contributed by atoms with Crippen LogP contribution >= 0.6 is 0 Å². The smallest absolute Gasteiger partial charge is 0.410 e. The summed E-state index contributed by atoms with van der Waals surface area (Å²) in [6, 6.07) is 5.79. The van der Waals surface area contributed by atoms with Crippen LogP contribution in [0.4, 0.5) is 15.3 Å². The van der Waals surface area contributed by atoms with Gasteiger partial charge in [-0.15, -0.1) is 0 Å². The Morgan fingerprint density at radius 2 is 1.45 bits per heavy atom. The molecule has 544 valence electrons. The number of nitrogens with two attached hydrogens (primary N) is 1. The van der Waals surface area contributed by atoms with Crippen LogP contribution in [0.25, 0.3) is 0 Å². The lowest BCUT2D eigenvalue weighted by Crippen LogP contribution is -2.60. The first-order valence-corrected chi connectivity index (χ1v) is 34.7. The number of nitrogens with one attached hydrogen (secondary N) is 6. The monoisotopic (exact) mass is 1400 g/mol. The van der Waals surface area contributed by atoms with E-state index in [9.17, 15) is 70.8 Å². The predicted molar refractivity (Wildman–Crippen MR) is 358 cm³/mol. The van der Waals surface area contributed by atoms with Gasteiger partial charge in [-0.05, 0) is 80.9 Å². The molecule has 31 heteroatoms. The Kier molecular flexibility index (Phi) is 30.6. The van der Waals surface area contributed by atoms with E-state index in [1.807, 2.05) is 19.9 Å². The summed E-state index contributed by atoms with van der Waals surface area (Å²) in [6.07, 6.45) is 1.06. The van der Waals surface area contributed by atoms with Crippen molar-refractivity contribution in [1.29, 1.82) is 0 Å². The number of aliphatic hydroxyl groups excluding tert-OH is 1. The van der Waals surface area contributed by atoms with Crippen molar-refractivity contribution in [3.05, 3.63) is 71.8 Å². The highest BCUT2D eigenvalue weighted by molar-refractivity contribution is 7.85. The average Bonchev–Trinajstić information content (AvgIpc) is 0.901. The number of ether oxygens (including phenoxy) is 4. The molecule has 2 aromatic rings. The lowest BCUT2D eigenvalue weighted by atomic mass is 9.67. The molecule has 0 spiro atoms. The number of hydrogen-bond donors (Lipinski definition) is 9. The fourth-order valence-electron chi connectivity index (χ4n) is 12.6. The van der Waals surface area contributed by atoms with E-state index < -0.39 is 153 Å². The van der Waals surface area contributed by atoms with Gasteiger partial charge in [0.25, 0.3) is 21.9 Å². The molecule has 2 fully saturated rings. The van der Waals surface area contributed by atoms with Crippen LogP contribution in [0.15, 0.2) is 65.6 Å². The third-order valence-electron chi connectivity index (χ3n) is 18.6. The van der Waals surface area contributed by atoms with Crippen molar-refractivity contribution in [3.63, 3.8) is 0 Å². The summed E-state index contributed by atoms with van der Waals surface area (Å²) < 4.78 is 59.4. The Balaban J connectivity index is 1.23. The number of methoxy groups -OCH3 is 2. The van der Waals surface area contributed by atoms with Crippen molar-refractivity contribution in [2.75, 3.05) is 73.0 Å². The number of anilines is 1. The Morgan fingerprint density at radius 3 is 2.02 bits per heavy atom. The second kappa shape index (κ2) is 37.2. The number of carbonyl (C=O) groups excluding carboxylic acids is 11. The zero-order valence-electron chi connectivity index (χ0n) is 58.2. The zero-order valence-corrected chi connectivity index (χ0v) is 59.0. The highest BCUT2D eigenvalue weighted by atomic mass is 32.2. The number of benzene rings is 2. The summed E-state index contributed by atoms with van der Waals surface area (Å²) in [4.78, 5) is 152.